The monoisotopic (exact) mass is 368 g/mol. The van der Waals surface area contributed by atoms with Gasteiger partial charge < -0.3 is 9.88 Å². The van der Waals surface area contributed by atoms with Gasteiger partial charge in [0, 0.05) is 23.6 Å². The van der Waals surface area contributed by atoms with Crippen molar-refractivity contribution in [2.45, 2.75) is 23.3 Å². The van der Waals surface area contributed by atoms with E-state index in [9.17, 15) is 13.2 Å². The van der Waals surface area contributed by atoms with E-state index in [0.717, 1.165) is 5.56 Å². The van der Waals surface area contributed by atoms with Crippen molar-refractivity contribution in [3.05, 3.63) is 72.9 Å². The van der Waals surface area contributed by atoms with E-state index >= 15 is 0 Å². The number of hydrogen-bond donors (Lipinski definition) is 1. The van der Waals surface area contributed by atoms with E-state index in [-0.39, 0.29) is 22.2 Å². The Morgan fingerprint density at radius 2 is 1.85 bits per heavy atom. The summed E-state index contributed by atoms with van der Waals surface area (Å²) >= 11 is 0. The Balaban J connectivity index is 2.08. The normalized spacial score (nSPS) is 11.4. The van der Waals surface area contributed by atoms with E-state index in [1.165, 1.54) is 6.20 Å². The van der Waals surface area contributed by atoms with Gasteiger partial charge in [-0.2, -0.15) is 0 Å². The Hall–Kier alpha value is -2.86. The maximum atomic E-state index is 13.1. The van der Waals surface area contributed by atoms with Crippen molar-refractivity contribution in [3.8, 4) is 0 Å². The first-order valence-electron chi connectivity index (χ1n) is 8.20. The molecule has 2 aromatic carbocycles. The molecular weight excluding hydrogens is 348 g/mol. The molecule has 134 valence electrons. The first kappa shape index (κ1) is 17.9. The molecule has 3 rings (SSSR count). The van der Waals surface area contributed by atoms with E-state index < -0.39 is 9.84 Å². The zero-order chi connectivity index (χ0) is 18.7. The fourth-order valence-corrected chi connectivity index (χ4v) is 4.28. The fourth-order valence-electron chi connectivity index (χ4n) is 2.80. The highest BCUT2D eigenvalue weighted by Gasteiger charge is 2.23. The second kappa shape index (κ2) is 7.17. The van der Waals surface area contributed by atoms with Gasteiger partial charge in [-0.15, -0.1) is 6.58 Å². The largest absolute Gasteiger partial charge is 0.351 e. The lowest BCUT2D eigenvalue weighted by Crippen LogP contribution is -2.27. The molecule has 0 spiro atoms. The summed E-state index contributed by atoms with van der Waals surface area (Å²) in [5, 5.41) is 3.31. The van der Waals surface area contributed by atoms with E-state index in [1.807, 2.05) is 19.1 Å². The van der Waals surface area contributed by atoms with Gasteiger partial charge in [-0.1, -0.05) is 42.0 Å². The number of nitrogens with one attached hydrogen (secondary N) is 1. The molecule has 1 amide bonds. The number of aryl methyl sites for hydroxylation is 1. The molecular formula is C20H20N2O3S. The van der Waals surface area contributed by atoms with Gasteiger partial charge in [-0.25, -0.2) is 8.42 Å². The van der Waals surface area contributed by atoms with E-state index in [1.54, 1.807) is 47.0 Å². The molecule has 0 bridgehead atoms. The number of para-hydroxylation sites is 1. The topological polar surface area (TPSA) is 68.2 Å². The Labute approximate surface area is 152 Å². The van der Waals surface area contributed by atoms with Crippen LogP contribution in [0.3, 0.4) is 0 Å². The molecule has 0 aliphatic carbocycles. The van der Waals surface area contributed by atoms with Crippen LogP contribution in [-0.2, 0) is 21.2 Å². The molecule has 5 nitrogen and oxygen atoms in total. The lowest BCUT2D eigenvalue weighted by molar-refractivity contribution is -0.121. The van der Waals surface area contributed by atoms with Crippen LogP contribution in [0.5, 0.6) is 0 Å². The molecule has 3 aromatic rings. The predicted octanol–water partition coefficient (Wildman–Crippen LogP) is 3.08. The fraction of sp³-hybridized carbons (Fsp3) is 0.150. The zero-order valence-corrected chi connectivity index (χ0v) is 15.3. The Morgan fingerprint density at radius 1 is 1.15 bits per heavy atom. The molecule has 6 heteroatoms. The molecule has 0 aliphatic rings. The number of carbonyl (C=O) groups is 1. The number of benzene rings is 2. The number of nitrogens with zero attached hydrogens (tertiary/aromatic N) is 1. The highest BCUT2D eigenvalue weighted by atomic mass is 32.2. The molecule has 0 atom stereocenters. The van der Waals surface area contributed by atoms with Crippen LogP contribution in [0, 0.1) is 6.92 Å². The molecule has 0 aliphatic heterocycles. The van der Waals surface area contributed by atoms with Gasteiger partial charge >= 0.3 is 0 Å². The van der Waals surface area contributed by atoms with Gasteiger partial charge in [0.2, 0.25) is 15.7 Å². The number of amides is 1. The highest BCUT2D eigenvalue weighted by molar-refractivity contribution is 7.91. The van der Waals surface area contributed by atoms with Crippen LogP contribution in [0.15, 0.2) is 77.2 Å². The summed E-state index contributed by atoms with van der Waals surface area (Å²) in [7, 11) is -3.68. The summed E-state index contributed by atoms with van der Waals surface area (Å²) in [5.74, 6) is -0.204. The number of carbonyl (C=O) groups excluding carboxylic acids is 1. The molecule has 0 saturated heterocycles. The second-order valence-corrected chi connectivity index (χ2v) is 7.97. The lowest BCUT2D eigenvalue weighted by Gasteiger charge is -2.05. The molecule has 26 heavy (non-hydrogen) atoms. The van der Waals surface area contributed by atoms with E-state index in [0.29, 0.717) is 17.4 Å². The Morgan fingerprint density at radius 3 is 2.54 bits per heavy atom. The van der Waals surface area contributed by atoms with E-state index in [4.69, 9.17) is 0 Å². The van der Waals surface area contributed by atoms with Gasteiger partial charge in [0.15, 0.2) is 0 Å². The second-order valence-electron chi connectivity index (χ2n) is 6.05. The lowest BCUT2D eigenvalue weighted by atomic mass is 10.2. The Kier molecular flexibility index (Phi) is 4.95. The van der Waals surface area contributed by atoms with Crippen molar-refractivity contribution in [2.24, 2.45) is 0 Å². The molecule has 0 radical (unpaired) electrons. The summed E-state index contributed by atoms with van der Waals surface area (Å²) in [5.41, 5.74) is 1.69. The highest BCUT2D eigenvalue weighted by Crippen LogP contribution is 2.30. The maximum Gasteiger partial charge on any atom is 0.240 e. The van der Waals surface area contributed by atoms with E-state index in [2.05, 4.69) is 11.9 Å². The summed E-state index contributed by atoms with van der Waals surface area (Å²) < 4.78 is 27.9. The van der Waals surface area contributed by atoms with Crippen LogP contribution in [0.2, 0.25) is 0 Å². The van der Waals surface area contributed by atoms with Crippen molar-refractivity contribution in [2.75, 3.05) is 6.54 Å². The van der Waals surface area contributed by atoms with Crippen molar-refractivity contribution >= 4 is 26.6 Å². The molecule has 1 aromatic heterocycles. The van der Waals surface area contributed by atoms with Gasteiger partial charge in [0.25, 0.3) is 0 Å². The van der Waals surface area contributed by atoms with Crippen LogP contribution >= 0.6 is 0 Å². The van der Waals surface area contributed by atoms with Gasteiger partial charge in [-0.05, 0) is 25.1 Å². The minimum absolute atomic E-state index is 0.0395. The molecule has 0 fully saturated rings. The third kappa shape index (κ3) is 3.41. The van der Waals surface area contributed by atoms with Crippen molar-refractivity contribution in [3.63, 3.8) is 0 Å². The maximum absolute atomic E-state index is 13.1. The van der Waals surface area contributed by atoms with Crippen LogP contribution in [-0.4, -0.2) is 25.4 Å². The van der Waals surface area contributed by atoms with Crippen LogP contribution < -0.4 is 5.32 Å². The molecule has 0 saturated carbocycles. The number of fused-ring (bicyclic) bond motifs is 1. The summed E-state index contributed by atoms with van der Waals surface area (Å²) in [6, 6.07) is 13.9. The summed E-state index contributed by atoms with van der Waals surface area (Å²) in [6.45, 7) is 5.88. The third-order valence-electron chi connectivity index (χ3n) is 4.13. The average molecular weight is 368 g/mol. The minimum atomic E-state index is -3.68. The van der Waals surface area contributed by atoms with Gasteiger partial charge in [0.05, 0.1) is 9.79 Å². The quantitative estimate of drug-likeness (QED) is 0.680. The first-order chi connectivity index (χ1) is 12.4. The minimum Gasteiger partial charge on any atom is -0.351 e. The average Bonchev–Trinajstić information content (AvgIpc) is 3.00. The van der Waals surface area contributed by atoms with Gasteiger partial charge in [-0.3, -0.25) is 4.79 Å². The summed E-state index contributed by atoms with van der Waals surface area (Å²) in [6.07, 6.45) is 3.13. The zero-order valence-electron chi connectivity index (χ0n) is 14.5. The standard InChI is InChI=1S/C20H20N2O3S/c1-3-12-21-20(23)14-22-13-19(17-6-4-5-7-18(17)22)26(24,25)16-10-8-15(2)9-11-16/h3-11,13H,1,12,14H2,2H3,(H,21,23). The molecule has 0 unspecified atom stereocenters. The van der Waals surface area contributed by atoms with Crippen LogP contribution in [0.25, 0.3) is 10.9 Å². The van der Waals surface area contributed by atoms with Crippen molar-refractivity contribution in [1.29, 1.82) is 0 Å². The first-order valence-corrected chi connectivity index (χ1v) is 9.69. The van der Waals surface area contributed by atoms with Crippen molar-refractivity contribution in [1.82, 2.24) is 9.88 Å². The molecule has 1 heterocycles. The third-order valence-corrected chi connectivity index (χ3v) is 5.93. The number of hydrogen-bond acceptors (Lipinski definition) is 3. The number of aromatic nitrogens is 1. The Bertz CT molecular complexity index is 1060. The van der Waals surface area contributed by atoms with Crippen LogP contribution in [0.1, 0.15) is 5.56 Å². The van der Waals surface area contributed by atoms with Gasteiger partial charge in [0.1, 0.15) is 6.54 Å². The number of rotatable bonds is 6. The van der Waals surface area contributed by atoms with Crippen molar-refractivity contribution < 1.29 is 13.2 Å². The SMILES string of the molecule is C=CCNC(=O)Cn1cc(S(=O)(=O)c2ccc(C)cc2)c2ccccc21. The molecule has 1 N–H and O–H groups in total. The smallest absolute Gasteiger partial charge is 0.240 e. The number of sulfone groups is 1. The predicted molar refractivity (Wildman–Crippen MR) is 102 cm³/mol. The van der Waals surface area contributed by atoms with Crippen LogP contribution in [0.4, 0.5) is 0 Å². The summed E-state index contributed by atoms with van der Waals surface area (Å²) in [4.78, 5) is 12.5.